The van der Waals surface area contributed by atoms with Crippen LogP contribution in [-0.4, -0.2) is 21.4 Å². The smallest absolute Gasteiger partial charge is 0.214 e. The van der Waals surface area contributed by atoms with Crippen molar-refractivity contribution in [2.24, 2.45) is 0 Å². The number of hydrogen-bond acceptors (Lipinski definition) is 3. The molecule has 0 radical (unpaired) electrons. The normalized spacial score (nSPS) is 9.47. The Morgan fingerprint density at radius 3 is 2.82 bits per heavy atom. The average Bonchev–Trinajstić information content (AvgIpc) is 2.67. The molecule has 0 bridgehead atoms. The Morgan fingerprint density at radius 2 is 2.18 bits per heavy atom. The summed E-state index contributed by atoms with van der Waals surface area (Å²) in [5.41, 5.74) is 4.08. The van der Waals surface area contributed by atoms with Crippen LogP contribution in [0.2, 0.25) is 0 Å². The van der Waals surface area contributed by atoms with Gasteiger partial charge in [0, 0.05) is 5.56 Å². The van der Waals surface area contributed by atoms with Crippen molar-refractivity contribution in [3.05, 3.63) is 46.5 Å². The summed E-state index contributed by atoms with van der Waals surface area (Å²) in [7, 11) is 0. The number of aromatic amines is 1. The fourth-order valence-corrected chi connectivity index (χ4v) is 1.59. The van der Waals surface area contributed by atoms with Gasteiger partial charge in [-0.1, -0.05) is 30.0 Å². The van der Waals surface area contributed by atoms with Gasteiger partial charge in [-0.3, -0.25) is 5.10 Å². The monoisotopic (exact) mass is 244 g/mol. The maximum absolute atomic E-state index is 5.05. The predicted octanol–water partition coefficient (Wildman–Crippen LogP) is 1.84. The van der Waals surface area contributed by atoms with E-state index in [0.29, 0.717) is 11.3 Å². The molecule has 1 aromatic carbocycles. The molecule has 1 aromatic heterocycles. The summed E-state index contributed by atoms with van der Waals surface area (Å²) in [4.78, 5) is 0. The van der Waals surface area contributed by atoms with Gasteiger partial charge < -0.3 is 5.43 Å². The third-order valence-corrected chi connectivity index (χ3v) is 2.45. The minimum absolute atomic E-state index is 0.517. The van der Waals surface area contributed by atoms with Crippen molar-refractivity contribution in [1.82, 2.24) is 14.9 Å². The molecule has 0 fully saturated rings. The van der Waals surface area contributed by atoms with Crippen molar-refractivity contribution in [1.29, 1.82) is 0 Å². The van der Waals surface area contributed by atoms with Crippen LogP contribution in [0, 0.1) is 23.5 Å². The van der Waals surface area contributed by atoms with E-state index in [1.54, 1.807) is 4.68 Å². The number of rotatable bonds is 2. The Hall–Kier alpha value is -2.06. The standard InChI is InChI=1S/C12H12N4S/c1-10-14-15-12(17)16(10)13-9-5-8-11-6-3-2-4-7-11/h2-4,6-7,13H,9H2,1H3,(H,15,17). The van der Waals surface area contributed by atoms with Crippen molar-refractivity contribution < 1.29 is 0 Å². The Bertz CT molecular complexity index is 601. The largest absolute Gasteiger partial charge is 0.310 e. The van der Waals surface area contributed by atoms with Gasteiger partial charge in [0.25, 0.3) is 0 Å². The molecule has 2 aromatic rings. The minimum Gasteiger partial charge on any atom is -0.310 e. The summed E-state index contributed by atoms with van der Waals surface area (Å²) in [6.07, 6.45) is 0. The van der Waals surface area contributed by atoms with Gasteiger partial charge in [0.15, 0.2) is 0 Å². The Morgan fingerprint density at radius 1 is 1.41 bits per heavy atom. The third-order valence-electron chi connectivity index (χ3n) is 2.17. The summed E-state index contributed by atoms with van der Waals surface area (Å²) < 4.78 is 2.25. The van der Waals surface area contributed by atoms with E-state index in [2.05, 4.69) is 27.5 Å². The van der Waals surface area contributed by atoms with Crippen molar-refractivity contribution >= 4 is 12.2 Å². The topological polar surface area (TPSA) is 45.6 Å². The van der Waals surface area contributed by atoms with Crippen LogP contribution in [0.5, 0.6) is 0 Å². The molecule has 2 rings (SSSR count). The molecule has 0 aliphatic carbocycles. The molecule has 86 valence electrons. The van der Waals surface area contributed by atoms with E-state index in [-0.39, 0.29) is 0 Å². The van der Waals surface area contributed by atoms with E-state index in [4.69, 9.17) is 12.2 Å². The predicted molar refractivity (Wildman–Crippen MR) is 69.7 cm³/mol. The number of aryl methyl sites for hydroxylation is 1. The molecule has 0 saturated carbocycles. The van der Waals surface area contributed by atoms with E-state index >= 15 is 0 Å². The first kappa shape index (κ1) is 11.4. The second-order valence-electron chi connectivity index (χ2n) is 3.41. The highest BCUT2D eigenvalue weighted by Crippen LogP contribution is 1.94. The zero-order valence-corrected chi connectivity index (χ0v) is 10.2. The summed E-state index contributed by atoms with van der Waals surface area (Å²) >= 11 is 5.05. The second-order valence-corrected chi connectivity index (χ2v) is 3.80. The maximum atomic E-state index is 5.05. The van der Waals surface area contributed by atoms with Crippen LogP contribution >= 0.6 is 12.2 Å². The fourth-order valence-electron chi connectivity index (χ4n) is 1.35. The van der Waals surface area contributed by atoms with Crippen LogP contribution in [0.3, 0.4) is 0 Å². The molecule has 0 aliphatic rings. The molecule has 4 nitrogen and oxygen atoms in total. The van der Waals surface area contributed by atoms with Crippen LogP contribution in [0.25, 0.3) is 0 Å². The first-order valence-electron chi connectivity index (χ1n) is 5.19. The molecule has 0 atom stereocenters. The van der Waals surface area contributed by atoms with Gasteiger partial charge in [-0.05, 0) is 31.3 Å². The second kappa shape index (κ2) is 5.32. The van der Waals surface area contributed by atoms with Crippen molar-refractivity contribution in [2.45, 2.75) is 6.92 Å². The molecule has 5 heteroatoms. The SMILES string of the molecule is Cc1n[nH]c(=S)n1NCC#Cc1ccccc1. The van der Waals surface area contributed by atoms with Crippen LogP contribution in [0.4, 0.5) is 0 Å². The van der Waals surface area contributed by atoms with Gasteiger partial charge in [-0.15, -0.1) is 0 Å². The first-order chi connectivity index (χ1) is 8.27. The summed E-state index contributed by atoms with van der Waals surface area (Å²) in [5, 5.41) is 6.69. The van der Waals surface area contributed by atoms with Crippen LogP contribution in [0.1, 0.15) is 11.4 Å². The molecule has 0 amide bonds. The van der Waals surface area contributed by atoms with E-state index in [9.17, 15) is 0 Å². The quantitative estimate of drug-likeness (QED) is 0.626. The lowest BCUT2D eigenvalue weighted by molar-refractivity contribution is 0.837. The van der Waals surface area contributed by atoms with Gasteiger partial charge >= 0.3 is 0 Å². The zero-order valence-electron chi connectivity index (χ0n) is 9.40. The molecule has 0 aliphatic heterocycles. The number of benzene rings is 1. The van der Waals surface area contributed by atoms with E-state index in [0.717, 1.165) is 11.4 Å². The van der Waals surface area contributed by atoms with E-state index in [1.807, 2.05) is 37.3 Å². The molecular formula is C12H12N4S. The Balaban J connectivity index is 1.97. The number of H-pyrrole nitrogens is 1. The van der Waals surface area contributed by atoms with Crippen molar-refractivity contribution in [3.8, 4) is 11.8 Å². The summed E-state index contributed by atoms with van der Waals surface area (Å²) in [6, 6.07) is 9.85. The fraction of sp³-hybridized carbons (Fsp3) is 0.167. The highest BCUT2D eigenvalue weighted by molar-refractivity contribution is 7.71. The van der Waals surface area contributed by atoms with Crippen molar-refractivity contribution in [2.75, 3.05) is 12.0 Å². The highest BCUT2D eigenvalue weighted by Gasteiger charge is 1.96. The van der Waals surface area contributed by atoms with E-state index in [1.165, 1.54) is 0 Å². The molecule has 17 heavy (non-hydrogen) atoms. The lowest BCUT2D eigenvalue weighted by Crippen LogP contribution is -2.16. The molecular weight excluding hydrogens is 232 g/mol. The summed E-state index contributed by atoms with van der Waals surface area (Å²) in [6.45, 7) is 2.38. The van der Waals surface area contributed by atoms with Crippen LogP contribution in [-0.2, 0) is 0 Å². The highest BCUT2D eigenvalue weighted by atomic mass is 32.1. The Kier molecular flexibility index (Phi) is 3.58. The van der Waals surface area contributed by atoms with Gasteiger partial charge in [0.2, 0.25) is 4.77 Å². The molecule has 0 spiro atoms. The van der Waals surface area contributed by atoms with Gasteiger partial charge in [0.05, 0.1) is 6.54 Å². The molecule has 1 heterocycles. The number of nitrogens with zero attached hydrogens (tertiary/aromatic N) is 2. The van der Waals surface area contributed by atoms with E-state index < -0.39 is 0 Å². The number of hydrogen-bond donors (Lipinski definition) is 2. The molecule has 0 unspecified atom stereocenters. The number of nitrogens with one attached hydrogen (secondary N) is 2. The lowest BCUT2D eigenvalue weighted by Gasteiger charge is -2.02. The maximum Gasteiger partial charge on any atom is 0.214 e. The zero-order chi connectivity index (χ0) is 12.1. The lowest BCUT2D eigenvalue weighted by atomic mass is 10.2. The molecule has 2 N–H and O–H groups in total. The van der Waals surface area contributed by atoms with Gasteiger partial charge in [-0.2, -0.15) is 5.10 Å². The molecule has 0 saturated heterocycles. The van der Waals surface area contributed by atoms with Crippen molar-refractivity contribution in [3.63, 3.8) is 0 Å². The first-order valence-corrected chi connectivity index (χ1v) is 5.60. The minimum atomic E-state index is 0.517. The summed E-state index contributed by atoms with van der Waals surface area (Å²) in [5.74, 6) is 6.87. The van der Waals surface area contributed by atoms with Gasteiger partial charge in [-0.25, -0.2) is 4.68 Å². The average molecular weight is 244 g/mol. The van der Waals surface area contributed by atoms with Crippen LogP contribution < -0.4 is 5.43 Å². The van der Waals surface area contributed by atoms with Gasteiger partial charge in [0.1, 0.15) is 5.82 Å². The number of aromatic nitrogens is 3. The Labute approximate surface area is 105 Å². The van der Waals surface area contributed by atoms with Crippen LogP contribution in [0.15, 0.2) is 30.3 Å². The third kappa shape index (κ3) is 2.95.